The Hall–Kier alpha value is -2.34. The van der Waals surface area contributed by atoms with Crippen LogP contribution in [0.4, 0.5) is 0 Å². The summed E-state index contributed by atoms with van der Waals surface area (Å²) in [5, 5.41) is 8.39. The molecule has 0 fully saturated rings. The van der Waals surface area contributed by atoms with Gasteiger partial charge >= 0.3 is 0 Å². The van der Waals surface area contributed by atoms with E-state index in [0.29, 0.717) is 11.1 Å². The number of Topliss-reactive ketones (excluding diaryl/α,β-unsaturated/α-hetero) is 1. The SMILES string of the molecule is Cc1occc1-c1nnc(SCC(=O)c2ccc3c(c2)CCC3)o1. The van der Waals surface area contributed by atoms with Crippen molar-refractivity contribution in [2.75, 3.05) is 5.75 Å². The lowest BCUT2D eigenvalue weighted by atomic mass is 10.0. The third kappa shape index (κ3) is 2.89. The van der Waals surface area contributed by atoms with Crippen LogP contribution in [0.15, 0.2) is 44.6 Å². The van der Waals surface area contributed by atoms with E-state index in [1.807, 2.05) is 19.1 Å². The summed E-state index contributed by atoms with van der Waals surface area (Å²) in [6.45, 7) is 1.84. The number of nitrogens with zero attached hydrogens (tertiary/aromatic N) is 2. The Morgan fingerprint density at radius 1 is 1.21 bits per heavy atom. The normalized spacial score (nSPS) is 13.2. The topological polar surface area (TPSA) is 69.1 Å². The quantitative estimate of drug-likeness (QED) is 0.514. The molecule has 5 nitrogen and oxygen atoms in total. The predicted octanol–water partition coefficient (Wildman–Crippen LogP) is 4.10. The van der Waals surface area contributed by atoms with Crippen molar-refractivity contribution in [3.8, 4) is 11.5 Å². The Labute approximate surface area is 143 Å². The molecule has 1 aliphatic carbocycles. The highest BCUT2D eigenvalue weighted by atomic mass is 32.2. The molecular formula is C18H16N2O3S. The number of ketones is 1. The first-order valence-electron chi connectivity index (χ1n) is 7.86. The van der Waals surface area contributed by atoms with Crippen LogP contribution in [0, 0.1) is 6.92 Å². The maximum absolute atomic E-state index is 12.4. The van der Waals surface area contributed by atoms with Crippen molar-refractivity contribution in [3.05, 3.63) is 53.0 Å². The van der Waals surface area contributed by atoms with Gasteiger partial charge in [0, 0.05) is 5.56 Å². The third-order valence-corrected chi connectivity index (χ3v) is 5.06. The van der Waals surface area contributed by atoms with E-state index in [2.05, 4.69) is 16.3 Å². The van der Waals surface area contributed by atoms with Crippen molar-refractivity contribution in [2.24, 2.45) is 0 Å². The summed E-state index contributed by atoms with van der Waals surface area (Å²) in [6.07, 6.45) is 4.95. The number of thioether (sulfide) groups is 1. The molecule has 0 aliphatic heterocycles. The molecule has 1 aromatic carbocycles. The number of aryl methyl sites for hydroxylation is 3. The molecule has 2 heterocycles. The molecule has 2 aromatic heterocycles. The molecule has 1 aliphatic rings. The number of rotatable bonds is 5. The molecule has 6 heteroatoms. The van der Waals surface area contributed by atoms with Gasteiger partial charge < -0.3 is 8.83 Å². The second kappa shape index (κ2) is 6.28. The molecule has 0 amide bonds. The zero-order valence-electron chi connectivity index (χ0n) is 13.2. The van der Waals surface area contributed by atoms with Gasteiger partial charge in [0.05, 0.1) is 17.6 Å². The summed E-state index contributed by atoms with van der Waals surface area (Å²) in [5.74, 6) is 1.50. The molecule has 0 N–H and O–H groups in total. The van der Waals surface area contributed by atoms with Crippen LogP contribution in [-0.2, 0) is 12.8 Å². The van der Waals surface area contributed by atoms with Crippen LogP contribution in [0.3, 0.4) is 0 Å². The average Bonchev–Trinajstić information content (AvgIpc) is 3.31. The Morgan fingerprint density at radius 3 is 2.92 bits per heavy atom. The fourth-order valence-corrected chi connectivity index (χ4v) is 3.60. The van der Waals surface area contributed by atoms with Gasteiger partial charge in [0.25, 0.3) is 11.1 Å². The van der Waals surface area contributed by atoms with E-state index in [1.165, 1.54) is 29.3 Å². The summed E-state index contributed by atoms with van der Waals surface area (Å²) in [4.78, 5) is 12.4. The van der Waals surface area contributed by atoms with Gasteiger partial charge in [-0.25, -0.2) is 0 Å². The minimum atomic E-state index is 0.0777. The number of hydrogen-bond acceptors (Lipinski definition) is 6. The third-order valence-electron chi connectivity index (χ3n) is 4.24. The summed E-state index contributed by atoms with van der Waals surface area (Å²) < 4.78 is 10.8. The van der Waals surface area contributed by atoms with Crippen molar-refractivity contribution >= 4 is 17.5 Å². The van der Waals surface area contributed by atoms with Gasteiger partial charge in [0.1, 0.15) is 5.76 Å². The monoisotopic (exact) mass is 340 g/mol. The lowest BCUT2D eigenvalue weighted by Gasteiger charge is -2.03. The van der Waals surface area contributed by atoms with Gasteiger partial charge in [-0.3, -0.25) is 4.79 Å². The molecule has 0 unspecified atom stereocenters. The van der Waals surface area contributed by atoms with E-state index in [1.54, 1.807) is 12.3 Å². The lowest BCUT2D eigenvalue weighted by molar-refractivity contribution is 0.102. The number of carbonyl (C=O) groups excluding carboxylic acids is 1. The molecule has 24 heavy (non-hydrogen) atoms. The van der Waals surface area contributed by atoms with Crippen LogP contribution in [0.1, 0.15) is 33.7 Å². The molecule has 3 aromatic rings. The highest BCUT2D eigenvalue weighted by Gasteiger charge is 2.17. The first-order valence-corrected chi connectivity index (χ1v) is 8.85. The molecule has 122 valence electrons. The fraction of sp³-hybridized carbons (Fsp3) is 0.278. The number of furan rings is 1. The first kappa shape index (κ1) is 15.2. The van der Waals surface area contributed by atoms with Crippen molar-refractivity contribution < 1.29 is 13.6 Å². The van der Waals surface area contributed by atoms with Crippen LogP contribution in [0.25, 0.3) is 11.5 Å². The first-order chi connectivity index (χ1) is 11.7. The largest absolute Gasteiger partial charge is 0.469 e. The highest BCUT2D eigenvalue weighted by Crippen LogP contribution is 2.27. The molecule has 0 atom stereocenters. The molecular weight excluding hydrogens is 324 g/mol. The van der Waals surface area contributed by atoms with Gasteiger partial charge in [-0.2, -0.15) is 0 Å². The Morgan fingerprint density at radius 2 is 2.08 bits per heavy atom. The number of benzene rings is 1. The maximum atomic E-state index is 12.4. The predicted molar refractivity (Wildman–Crippen MR) is 90.3 cm³/mol. The van der Waals surface area contributed by atoms with Gasteiger partial charge in [-0.15, -0.1) is 10.2 Å². The van der Waals surface area contributed by atoms with Gasteiger partial charge in [-0.05, 0) is 49.4 Å². The van der Waals surface area contributed by atoms with Crippen molar-refractivity contribution in [1.82, 2.24) is 10.2 Å². The van der Waals surface area contributed by atoms with Gasteiger partial charge in [-0.1, -0.05) is 23.9 Å². The summed E-state index contributed by atoms with van der Waals surface area (Å²) in [6, 6.07) is 7.81. The highest BCUT2D eigenvalue weighted by molar-refractivity contribution is 7.99. The second-order valence-corrected chi connectivity index (χ2v) is 6.74. The van der Waals surface area contributed by atoms with Gasteiger partial charge in [0.2, 0.25) is 0 Å². The standard InChI is InChI=1S/C18H16N2O3S/c1-11-15(7-8-22-11)17-19-20-18(23-17)24-10-16(21)14-6-5-12-3-2-4-13(12)9-14/h5-9H,2-4,10H2,1H3. The Kier molecular flexibility index (Phi) is 3.98. The average molecular weight is 340 g/mol. The van der Waals surface area contributed by atoms with Crippen LogP contribution >= 0.6 is 11.8 Å². The summed E-state index contributed by atoms with van der Waals surface area (Å²) in [7, 11) is 0. The lowest BCUT2D eigenvalue weighted by Crippen LogP contribution is -2.03. The zero-order valence-corrected chi connectivity index (χ0v) is 14.1. The summed E-state index contributed by atoms with van der Waals surface area (Å²) >= 11 is 1.26. The van der Waals surface area contributed by atoms with Crippen LogP contribution in [0.2, 0.25) is 0 Å². The van der Waals surface area contributed by atoms with E-state index in [-0.39, 0.29) is 11.5 Å². The molecule has 0 saturated heterocycles. The second-order valence-electron chi connectivity index (χ2n) is 5.81. The van der Waals surface area contributed by atoms with E-state index >= 15 is 0 Å². The minimum Gasteiger partial charge on any atom is -0.469 e. The van der Waals surface area contributed by atoms with E-state index in [0.717, 1.165) is 29.7 Å². The van der Waals surface area contributed by atoms with Crippen LogP contribution in [0.5, 0.6) is 0 Å². The molecule has 0 saturated carbocycles. The molecule has 0 bridgehead atoms. The van der Waals surface area contributed by atoms with Crippen molar-refractivity contribution in [2.45, 2.75) is 31.4 Å². The summed E-state index contributed by atoms with van der Waals surface area (Å²) in [5.41, 5.74) is 4.21. The molecule has 0 radical (unpaired) electrons. The van der Waals surface area contributed by atoms with Crippen molar-refractivity contribution in [3.63, 3.8) is 0 Å². The van der Waals surface area contributed by atoms with Crippen LogP contribution < -0.4 is 0 Å². The van der Waals surface area contributed by atoms with E-state index < -0.39 is 0 Å². The maximum Gasteiger partial charge on any atom is 0.277 e. The number of aromatic nitrogens is 2. The van der Waals surface area contributed by atoms with Crippen LogP contribution in [-0.4, -0.2) is 21.7 Å². The van der Waals surface area contributed by atoms with E-state index in [9.17, 15) is 4.79 Å². The smallest absolute Gasteiger partial charge is 0.277 e. The zero-order chi connectivity index (χ0) is 16.5. The number of carbonyl (C=O) groups is 1. The molecule has 0 spiro atoms. The number of hydrogen-bond donors (Lipinski definition) is 0. The Bertz CT molecular complexity index is 897. The van der Waals surface area contributed by atoms with Crippen molar-refractivity contribution in [1.29, 1.82) is 0 Å². The van der Waals surface area contributed by atoms with Gasteiger partial charge in [0.15, 0.2) is 5.78 Å². The Balaban J connectivity index is 1.43. The molecule has 4 rings (SSSR count). The van der Waals surface area contributed by atoms with E-state index in [4.69, 9.17) is 8.83 Å². The minimum absolute atomic E-state index is 0.0777. The number of fused-ring (bicyclic) bond motifs is 1. The fourth-order valence-electron chi connectivity index (χ4n) is 2.94.